The molecule has 0 unspecified atom stereocenters. The molecule has 0 aromatic heterocycles. The van der Waals surface area contributed by atoms with Crippen molar-refractivity contribution in [2.45, 2.75) is 12.6 Å². The van der Waals surface area contributed by atoms with Crippen LogP contribution >= 0.6 is 0 Å². The van der Waals surface area contributed by atoms with Crippen LogP contribution in [0.2, 0.25) is 0 Å². The van der Waals surface area contributed by atoms with Crippen molar-refractivity contribution in [3.63, 3.8) is 0 Å². The van der Waals surface area contributed by atoms with Crippen molar-refractivity contribution >= 4 is 0 Å². The fraction of sp³-hybridized carbons (Fsp3) is 1.00. The Kier molecular flexibility index (Phi) is 9.43. The lowest BCUT2D eigenvalue weighted by molar-refractivity contribution is -0.147. The molecule has 0 amide bonds. The van der Waals surface area contributed by atoms with E-state index in [1.807, 2.05) is 0 Å². The molecule has 0 spiro atoms. The number of rotatable bonds is 10. The fourth-order valence-corrected chi connectivity index (χ4v) is 1.31. The number of alkyl halides is 3. The maximum atomic E-state index is 12.2. The van der Waals surface area contributed by atoms with Gasteiger partial charge >= 0.3 is 6.18 Å². The highest BCUT2D eigenvalue weighted by Gasteiger charge is 2.30. The van der Waals surface area contributed by atoms with E-state index in [1.54, 1.807) is 7.11 Å². The smallest absolute Gasteiger partial charge is 0.385 e. The highest BCUT2D eigenvalue weighted by atomic mass is 19.4. The Balaban J connectivity index is 3.63. The fourth-order valence-electron chi connectivity index (χ4n) is 1.31. The Bertz CT molecular complexity index is 179. The highest BCUT2D eigenvalue weighted by molar-refractivity contribution is 4.63. The number of nitrogens with zero attached hydrogens (tertiary/aromatic N) is 1. The maximum absolute atomic E-state index is 12.2. The van der Waals surface area contributed by atoms with Gasteiger partial charge in [-0.15, -0.1) is 0 Å². The van der Waals surface area contributed by atoms with Crippen molar-refractivity contribution in [2.24, 2.45) is 5.73 Å². The van der Waals surface area contributed by atoms with Crippen molar-refractivity contribution in [1.29, 1.82) is 0 Å². The normalized spacial score (nSPS) is 12.4. The topological polar surface area (TPSA) is 47.7 Å². The van der Waals surface area contributed by atoms with Crippen LogP contribution in [0.4, 0.5) is 13.2 Å². The summed E-state index contributed by atoms with van der Waals surface area (Å²) in [7, 11) is 1.59. The van der Waals surface area contributed by atoms with Crippen LogP contribution in [-0.4, -0.2) is 64.2 Å². The molecule has 0 aliphatic rings. The van der Waals surface area contributed by atoms with Gasteiger partial charge in [0.1, 0.15) is 0 Å². The average molecular weight is 258 g/mol. The van der Waals surface area contributed by atoms with Crippen LogP contribution in [0.15, 0.2) is 0 Å². The second-order valence-electron chi connectivity index (χ2n) is 3.64. The van der Waals surface area contributed by atoms with Crippen molar-refractivity contribution in [3.05, 3.63) is 0 Å². The summed E-state index contributed by atoms with van der Waals surface area (Å²) in [5, 5.41) is 0. The third-order valence-corrected chi connectivity index (χ3v) is 2.04. The summed E-state index contributed by atoms with van der Waals surface area (Å²) in [5.41, 5.74) is 5.25. The van der Waals surface area contributed by atoms with Crippen molar-refractivity contribution in [3.8, 4) is 0 Å². The van der Waals surface area contributed by atoms with Gasteiger partial charge in [0.2, 0.25) is 0 Å². The van der Waals surface area contributed by atoms with E-state index in [1.165, 1.54) is 4.90 Å². The zero-order chi connectivity index (χ0) is 13.1. The number of methoxy groups -OCH3 is 1. The molecule has 104 valence electrons. The van der Waals surface area contributed by atoms with Gasteiger partial charge in [0.25, 0.3) is 0 Å². The standard InChI is InChI=1S/C10H21F3N2O2/c1-16-6-2-7-17-8-5-15(4-3-14)9-10(11,12)13/h2-9,14H2,1H3. The molecule has 0 bridgehead atoms. The minimum Gasteiger partial charge on any atom is -0.385 e. The first-order valence-electron chi connectivity index (χ1n) is 5.55. The zero-order valence-electron chi connectivity index (χ0n) is 10.1. The molecule has 0 rings (SSSR count). The lowest BCUT2D eigenvalue weighted by Crippen LogP contribution is -2.39. The summed E-state index contributed by atoms with van der Waals surface area (Å²) in [6.07, 6.45) is -3.45. The SMILES string of the molecule is COCCCOCCN(CCN)CC(F)(F)F. The highest BCUT2D eigenvalue weighted by Crippen LogP contribution is 2.15. The van der Waals surface area contributed by atoms with E-state index in [0.29, 0.717) is 13.2 Å². The molecule has 0 radical (unpaired) electrons. The van der Waals surface area contributed by atoms with Crippen molar-refractivity contribution in [2.75, 3.05) is 53.1 Å². The van der Waals surface area contributed by atoms with Crippen LogP contribution in [0.25, 0.3) is 0 Å². The minimum absolute atomic E-state index is 0.208. The van der Waals surface area contributed by atoms with Gasteiger partial charge in [0, 0.05) is 40.0 Å². The summed E-state index contributed by atoms with van der Waals surface area (Å²) in [5.74, 6) is 0. The van der Waals surface area contributed by atoms with Crippen LogP contribution in [-0.2, 0) is 9.47 Å². The largest absolute Gasteiger partial charge is 0.401 e. The van der Waals surface area contributed by atoms with Gasteiger partial charge in [-0.3, -0.25) is 4.90 Å². The summed E-state index contributed by atoms with van der Waals surface area (Å²) in [6, 6.07) is 0. The zero-order valence-corrected chi connectivity index (χ0v) is 10.1. The molecule has 0 aliphatic carbocycles. The Morgan fingerprint density at radius 1 is 1.12 bits per heavy atom. The molecule has 0 aliphatic heterocycles. The van der Waals surface area contributed by atoms with Crippen LogP contribution in [0.5, 0.6) is 0 Å². The molecule has 7 heteroatoms. The third kappa shape index (κ3) is 11.9. The Labute approximate surface area is 99.8 Å². The average Bonchev–Trinajstić information content (AvgIpc) is 2.21. The molecule has 17 heavy (non-hydrogen) atoms. The van der Waals surface area contributed by atoms with Crippen LogP contribution in [0.1, 0.15) is 6.42 Å². The first-order valence-corrected chi connectivity index (χ1v) is 5.55. The number of hydrogen-bond donors (Lipinski definition) is 1. The molecule has 0 atom stereocenters. The summed E-state index contributed by atoms with van der Waals surface area (Å²) >= 11 is 0. The molecule has 0 heterocycles. The molecule has 4 nitrogen and oxygen atoms in total. The van der Waals surface area contributed by atoms with E-state index >= 15 is 0 Å². The van der Waals surface area contributed by atoms with E-state index in [4.69, 9.17) is 15.2 Å². The van der Waals surface area contributed by atoms with Gasteiger partial charge in [-0.2, -0.15) is 13.2 Å². The van der Waals surface area contributed by atoms with Crippen molar-refractivity contribution in [1.82, 2.24) is 4.90 Å². The number of nitrogens with two attached hydrogens (primary N) is 1. The van der Waals surface area contributed by atoms with Crippen LogP contribution in [0.3, 0.4) is 0 Å². The lowest BCUT2D eigenvalue weighted by Gasteiger charge is -2.22. The van der Waals surface area contributed by atoms with Gasteiger partial charge < -0.3 is 15.2 Å². The van der Waals surface area contributed by atoms with E-state index in [0.717, 1.165) is 6.42 Å². The van der Waals surface area contributed by atoms with E-state index < -0.39 is 12.7 Å². The molecule has 0 aromatic rings. The quantitative estimate of drug-likeness (QED) is 0.590. The third-order valence-electron chi connectivity index (χ3n) is 2.04. The molecule has 2 N–H and O–H groups in total. The minimum atomic E-state index is -4.19. The Morgan fingerprint density at radius 2 is 1.82 bits per heavy atom. The van der Waals surface area contributed by atoms with Gasteiger partial charge in [0.15, 0.2) is 0 Å². The number of ether oxygens (including phenoxy) is 2. The molecule has 0 saturated carbocycles. The predicted molar refractivity (Wildman–Crippen MR) is 58.9 cm³/mol. The molecular weight excluding hydrogens is 237 g/mol. The monoisotopic (exact) mass is 258 g/mol. The second-order valence-corrected chi connectivity index (χ2v) is 3.64. The van der Waals surface area contributed by atoms with Crippen LogP contribution in [0, 0.1) is 0 Å². The van der Waals surface area contributed by atoms with E-state index in [-0.39, 0.29) is 26.2 Å². The Hall–Kier alpha value is -0.370. The van der Waals surface area contributed by atoms with Gasteiger partial charge in [-0.25, -0.2) is 0 Å². The maximum Gasteiger partial charge on any atom is 0.401 e. The summed E-state index contributed by atoms with van der Waals surface area (Å²) in [4.78, 5) is 1.25. The molecule has 0 saturated heterocycles. The first kappa shape index (κ1) is 16.6. The second kappa shape index (κ2) is 9.64. The van der Waals surface area contributed by atoms with Gasteiger partial charge in [0.05, 0.1) is 13.2 Å². The van der Waals surface area contributed by atoms with Gasteiger partial charge in [-0.05, 0) is 6.42 Å². The van der Waals surface area contributed by atoms with Crippen LogP contribution < -0.4 is 5.73 Å². The summed E-state index contributed by atoms with van der Waals surface area (Å²) in [6.45, 7) is 1.10. The van der Waals surface area contributed by atoms with Gasteiger partial charge in [-0.1, -0.05) is 0 Å². The Morgan fingerprint density at radius 3 is 2.35 bits per heavy atom. The molecular formula is C10H21F3N2O2. The van der Waals surface area contributed by atoms with Crippen molar-refractivity contribution < 1.29 is 22.6 Å². The number of halogens is 3. The molecule has 0 fully saturated rings. The van der Waals surface area contributed by atoms with E-state index in [9.17, 15) is 13.2 Å². The number of hydrogen-bond acceptors (Lipinski definition) is 4. The molecule has 0 aromatic carbocycles. The predicted octanol–water partition coefficient (Wildman–Crippen LogP) is 0.862. The lowest BCUT2D eigenvalue weighted by atomic mass is 10.4. The van der Waals surface area contributed by atoms with E-state index in [2.05, 4.69) is 0 Å². The first-order chi connectivity index (χ1) is 7.99. The summed E-state index contributed by atoms with van der Waals surface area (Å²) < 4.78 is 46.5.